The van der Waals surface area contributed by atoms with E-state index < -0.39 is 0 Å². The zero-order chi connectivity index (χ0) is 15.4. The molecule has 2 rings (SSSR count). The summed E-state index contributed by atoms with van der Waals surface area (Å²) in [6.07, 6.45) is 0. The van der Waals surface area contributed by atoms with Crippen LogP contribution < -0.4 is 10.1 Å². The molecule has 2 nitrogen and oxygen atoms in total. The molecule has 0 unspecified atom stereocenters. The second kappa shape index (κ2) is 6.72. The lowest BCUT2D eigenvalue weighted by molar-refractivity contribution is 0.411. The molecule has 0 aliphatic rings. The zero-order valence-corrected chi connectivity index (χ0v) is 13.0. The quantitative estimate of drug-likeness (QED) is 0.885. The lowest BCUT2D eigenvalue weighted by Crippen LogP contribution is -2.21. The summed E-state index contributed by atoms with van der Waals surface area (Å²) >= 11 is 0. The molecule has 2 aromatic rings. The lowest BCUT2D eigenvalue weighted by atomic mass is 9.97. The Labute approximate surface area is 126 Å². The molecule has 0 radical (unpaired) electrons. The van der Waals surface area contributed by atoms with Gasteiger partial charge in [0.1, 0.15) is 11.6 Å². The van der Waals surface area contributed by atoms with Crippen molar-refractivity contribution in [3.8, 4) is 16.9 Å². The summed E-state index contributed by atoms with van der Waals surface area (Å²) in [7, 11) is 1.54. The van der Waals surface area contributed by atoms with Crippen LogP contribution >= 0.6 is 0 Å². The minimum atomic E-state index is -0.258. The van der Waals surface area contributed by atoms with Crippen LogP contribution in [0.2, 0.25) is 0 Å². The molecule has 112 valence electrons. The fourth-order valence-corrected chi connectivity index (χ4v) is 2.23. The summed E-state index contributed by atoms with van der Waals surface area (Å²) in [4.78, 5) is 0. The first-order valence-corrected chi connectivity index (χ1v) is 7.18. The normalized spacial score (nSPS) is 11.0. The van der Waals surface area contributed by atoms with Gasteiger partial charge in [0, 0.05) is 24.2 Å². The Morgan fingerprint density at radius 3 is 2.48 bits per heavy atom. The first-order chi connectivity index (χ1) is 10.0. The molecule has 0 spiro atoms. The number of hydrogen-bond donors (Lipinski definition) is 1. The van der Waals surface area contributed by atoms with Crippen LogP contribution in [0.15, 0.2) is 36.4 Å². The van der Waals surface area contributed by atoms with Gasteiger partial charge in [-0.1, -0.05) is 26.0 Å². The second-order valence-corrected chi connectivity index (χ2v) is 5.53. The van der Waals surface area contributed by atoms with Gasteiger partial charge in [-0.2, -0.15) is 0 Å². The van der Waals surface area contributed by atoms with E-state index in [0.29, 0.717) is 17.4 Å². The first-order valence-electron chi connectivity index (χ1n) is 7.18. The van der Waals surface area contributed by atoms with E-state index in [-0.39, 0.29) is 5.82 Å². The third-order valence-corrected chi connectivity index (χ3v) is 3.48. The van der Waals surface area contributed by atoms with Crippen LogP contribution in [0.5, 0.6) is 5.75 Å². The number of rotatable bonds is 5. The topological polar surface area (TPSA) is 21.3 Å². The molecule has 0 saturated carbocycles. The maximum Gasteiger partial charge on any atom is 0.134 e. The standard InChI is InChI=1S/C18H22FNO/c1-12(2)20-11-14-6-5-13(3)17(9-14)16-8-7-15(21-4)10-18(16)19/h5-10,12,20H,11H2,1-4H3. The molecular weight excluding hydrogens is 265 g/mol. The molecule has 0 bridgehead atoms. The van der Waals surface area contributed by atoms with Gasteiger partial charge in [-0.3, -0.25) is 0 Å². The van der Waals surface area contributed by atoms with Crippen molar-refractivity contribution in [2.24, 2.45) is 0 Å². The summed E-state index contributed by atoms with van der Waals surface area (Å²) in [6.45, 7) is 7.00. The maximum absolute atomic E-state index is 14.3. The molecule has 2 aromatic carbocycles. The summed E-state index contributed by atoms with van der Waals surface area (Å²) in [5.74, 6) is 0.276. The minimum Gasteiger partial charge on any atom is -0.497 e. The Bertz CT molecular complexity index is 623. The van der Waals surface area contributed by atoms with Gasteiger partial charge in [-0.15, -0.1) is 0 Å². The third kappa shape index (κ3) is 3.82. The van der Waals surface area contributed by atoms with Crippen LogP contribution in [-0.4, -0.2) is 13.2 Å². The van der Waals surface area contributed by atoms with Crippen molar-refractivity contribution in [3.63, 3.8) is 0 Å². The number of hydrogen-bond acceptors (Lipinski definition) is 2. The highest BCUT2D eigenvalue weighted by Gasteiger charge is 2.10. The smallest absolute Gasteiger partial charge is 0.134 e. The van der Waals surface area contributed by atoms with Crippen LogP contribution in [0.4, 0.5) is 4.39 Å². The van der Waals surface area contributed by atoms with Crippen molar-refractivity contribution in [2.75, 3.05) is 7.11 Å². The number of methoxy groups -OCH3 is 1. The first kappa shape index (κ1) is 15.5. The van der Waals surface area contributed by atoms with Crippen LogP contribution in [0.3, 0.4) is 0 Å². The predicted molar refractivity (Wildman–Crippen MR) is 85.1 cm³/mol. The van der Waals surface area contributed by atoms with E-state index >= 15 is 0 Å². The molecule has 0 heterocycles. The Balaban J connectivity index is 2.36. The largest absolute Gasteiger partial charge is 0.497 e. The van der Waals surface area contributed by atoms with Crippen molar-refractivity contribution in [1.29, 1.82) is 0 Å². The van der Waals surface area contributed by atoms with Crippen molar-refractivity contribution in [1.82, 2.24) is 5.32 Å². The van der Waals surface area contributed by atoms with Crippen molar-refractivity contribution in [3.05, 3.63) is 53.3 Å². The fraction of sp³-hybridized carbons (Fsp3) is 0.333. The van der Waals surface area contributed by atoms with Gasteiger partial charge >= 0.3 is 0 Å². The average Bonchev–Trinajstić information content (AvgIpc) is 2.46. The maximum atomic E-state index is 14.3. The summed E-state index contributed by atoms with van der Waals surface area (Å²) in [5, 5.41) is 3.38. The number of ether oxygens (including phenoxy) is 1. The van der Waals surface area contributed by atoms with Gasteiger partial charge in [-0.05, 0) is 41.8 Å². The Hall–Kier alpha value is -1.87. The van der Waals surface area contributed by atoms with Gasteiger partial charge in [0.25, 0.3) is 0 Å². The van der Waals surface area contributed by atoms with Gasteiger partial charge in [0.05, 0.1) is 7.11 Å². The molecule has 3 heteroatoms. The van der Waals surface area contributed by atoms with E-state index in [1.54, 1.807) is 12.1 Å². The Kier molecular flexibility index (Phi) is 4.97. The monoisotopic (exact) mass is 287 g/mol. The van der Waals surface area contributed by atoms with E-state index in [9.17, 15) is 4.39 Å². The van der Waals surface area contributed by atoms with Crippen molar-refractivity contribution >= 4 is 0 Å². The predicted octanol–water partition coefficient (Wildman–Crippen LogP) is 4.31. The molecule has 21 heavy (non-hydrogen) atoms. The minimum absolute atomic E-state index is 0.258. The van der Waals surface area contributed by atoms with Gasteiger partial charge in [0.15, 0.2) is 0 Å². The van der Waals surface area contributed by atoms with Crippen LogP contribution in [-0.2, 0) is 6.54 Å². The number of nitrogens with one attached hydrogen (secondary N) is 1. The van der Waals surface area contributed by atoms with Gasteiger partial charge in [0.2, 0.25) is 0 Å². The van der Waals surface area contributed by atoms with Gasteiger partial charge < -0.3 is 10.1 Å². The van der Waals surface area contributed by atoms with E-state index in [1.165, 1.54) is 13.2 Å². The van der Waals surface area contributed by atoms with Crippen LogP contribution in [0.1, 0.15) is 25.0 Å². The number of halogens is 1. The number of aryl methyl sites for hydroxylation is 1. The summed E-state index contributed by atoms with van der Waals surface area (Å²) in [5.41, 5.74) is 3.75. The van der Waals surface area contributed by atoms with Gasteiger partial charge in [-0.25, -0.2) is 4.39 Å². The molecule has 0 aromatic heterocycles. The molecular formula is C18H22FNO. The van der Waals surface area contributed by atoms with Crippen molar-refractivity contribution in [2.45, 2.75) is 33.4 Å². The zero-order valence-electron chi connectivity index (χ0n) is 13.0. The third-order valence-electron chi connectivity index (χ3n) is 3.48. The van der Waals surface area contributed by atoms with E-state index in [0.717, 1.165) is 23.2 Å². The van der Waals surface area contributed by atoms with E-state index in [2.05, 4.69) is 31.3 Å². The Morgan fingerprint density at radius 2 is 1.86 bits per heavy atom. The lowest BCUT2D eigenvalue weighted by Gasteiger charge is -2.13. The highest BCUT2D eigenvalue weighted by atomic mass is 19.1. The molecule has 0 amide bonds. The van der Waals surface area contributed by atoms with Crippen LogP contribution in [0.25, 0.3) is 11.1 Å². The summed E-state index contributed by atoms with van der Waals surface area (Å²) in [6, 6.07) is 11.6. The van der Waals surface area contributed by atoms with E-state index in [4.69, 9.17) is 4.74 Å². The van der Waals surface area contributed by atoms with E-state index in [1.807, 2.05) is 13.0 Å². The van der Waals surface area contributed by atoms with Crippen molar-refractivity contribution < 1.29 is 9.13 Å². The molecule has 0 fully saturated rings. The SMILES string of the molecule is COc1ccc(-c2cc(CNC(C)C)ccc2C)c(F)c1. The highest BCUT2D eigenvalue weighted by molar-refractivity contribution is 5.69. The number of benzene rings is 2. The highest BCUT2D eigenvalue weighted by Crippen LogP contribution is 2.29. The second-order valence-electron chi connectivity index (χ2n) is 5.53. The summed E-state index contributed by atoms with van der Waals surface area (Å²) < 4.78 is 19.3. The average molecular weight is 287 g/mol. The molecule has 1 N–H and O–H groups in total. The molecule has 0 aliphatic heterocycles. The molecule has 0 aliphatic carbocycles. The van der Waals surface area contributed by atoms with Crippen LogP contribution in [0, 0.1) is 12.7 Å². The molecule has 0 atom stereocenters. The fourth-order valence-electron chi connectivity index (χ4n) is 2.23. The molecule has 0 saturated heterocycles. The Morgan fingerprint density at radius 1 is 1.10 bits per heavy atom.